The molecule has 0 unspecified atom stereocenters. The van der Waals surface area contributed by atoms with E-state index >= 15 is 0 Å². The second-order valence-corrected chi connectivity index (χ2v) is 4.60. The number of phenolic OH excluding ortho intramolecular Hbond substituents is 1. The molecule has 3 nitrogen and oxygen atoms in total. The standard InChI is InChI=1S/C12H17NO2S/c1-13(7-8-16-2)12(15)9-10-5-3-4-6-11(10)14/h3-6,14H,7-9H2,1-2H3. The summed E-state index contributed by atoms with van der Waals surface area (Å²) in [5.41, 5.74) is 0.684. The van der Waals surface area contributed by atoms with Crippen LogP contribution in [0.25, 0.3) is 0 Å². The Morgan fingerprint density at radius 3 is 2.75 bits per heavy atom. The molecule has 1 aromatic carbocycles. The van der Waals surface area contributed by atoms with Gasteiger partial charge in [0.05, 0.1) is 6.42 Å². The molecule has 0 aliphatic rings. The Kier molecular flexibility index (Phi) is 5.19. The fraction of sp³-hybridized carbons (Fsp3) is 0.417. The number of likely N-dealkylation sites (N-methyl/N-ethyl adjacent to an activating group) is 1. The lowest BCUT2D eigenvalue weighted by molar-refractivity contribution is -0.128. The van der Waals surface area contributed by atoms with Crippen molar-refractivity contribution in [1.82, 2.24) is 4.90 Å². The molecule has 0 aliphatic heterocycles. The molecule has 0 radical (unpaired) electrons. The lowest BCUT2D eigenvalue weighted by Crippen LogP contribution is -2.30. The maximum absolute atomic E-state index is 11.8. The molecule has 0 heterocycles. The molecule has 1 N–H and O–H groups in total. The van der Waals surface area contributed by atoms with Gasteiger partial charge in [0.15, 0.2) is 0 Å². The Balaban J connectivity index is 2.54. The van der Waals surface area contributed by atoms with E-state index in [2.05, 4.69) is 0 Å². The summed E-state index contributed by atoms with van der Waals surface area (Å²) < 4.78 is 0. The van der Waals surface area contributed by atoms with E-state index in [-0.39, 0.29) is 18.1 Å². The van der Waals surface area contributed by atoms with Crippen molar-refractivity contribution in [1.29, 1.82) is 0 Å². The summed E-state index contributed by atoms with van der Waals surface area (Å²) in [6.45, 7) is 0.744. The van der Waals surface area contributed by atoms with Gasteiger partial charge >= 0.3 is 0 Å². The van der Waals surface area contributed by atoms with Crippen molar-refractivity contribution in [2.24, 2.45) is 0 Å². The predicted octanol–water partition coefficient (Wildman–Crippen LogP) is 1.76. The largest absolute Gasteiger partial charge is 0.508 e. The molecule has 0 saturated heterocycles. The summed E-state index contributed by atoms with van der Waals surface area (Å²) >= 11 is 1.71. The average molecular weight is 239 g/mol. The number of nitrogens with zero attached hydrogens (tertiary/aromatic N) is 1. The van der Waals surface area contributed by atoms with Crippen LogP contribution >= 0.6 is 11.8 Å². The highest BCUT2D eigenvalue weighted by Gasteiger charge is 2.11. The number of thioether (sulfide) groups is 1. The monoisotopic (exact) mass is 239 g/mol. The minimum absolute atomic E-state index is 0.0375. The first kappa shape index (κ1) is 12.9. The molecule has 1 amide bonds. The highest BCUT2D eigenvalue weighted by Crippen LogP contribution is 2.16. The van der Waals surface area contributed by atoms with Gasteiger partial charge in [-0.3, -0.25) is 4.79 Å². The van der Waals surface area contributed by atoms with Crippen molar-refractivity contribution in [3.05, 3.63) is 29.8 Å². The third kappa shape index (κ3) is 3.77. The molecule has 0 fully saturated rings. The molecule has 0 atom stereocenters. The van der Waals surface area contributed by atoms with E-state index in [1.54, 1.807) is 41.9 Å². The summed E-state index contributed by atoms with van der Waals surface area (Å²) in [7, 11) is 1.79. The molecule has 0 bridgehead atoms. The topological polar surface area (TPSA) is 40.5 Å². The number of carbonyl (C=O) groups excluding carboxylic acids is 1. The molecule has 16 heavy (non-hydrogen) atoms. The van der Waals surface area contributed by atoms with Crippen LogP contribution in [0.15, 0.2) is 24.3 Å². The van der Waals surface area contributed by atoms with Crippen molar-refractivity contribution >= 4 is 17.7 Å². The molecule has 0 saturated carbocycles. The van der Waals surface area contributed by atoms with Crippen molar-refractivity contribution in [2.45, 2.75) is 6.42 Å². The van der Waals surface area contributed by atoms with Gasteiger partial charge in [-0.05, 0) is 12.3 Å². The van der Waals surface area contributed by atoms with Gasteiger partial charge in [0, 0.05) is 24.9 Å². The van der Waals surface area contributed by atoms with Crippen molar-refractivity contribution in [3.8, 4) is 5.75 Å². The van der Waals surface area contributed by atoms with Gasteiger partial charge in [0.25, 0.3) is 0 Å². The minimum atomic E-state index is 0.0375. The lowest BCUT2D eigenvalue weighted by atomic mass is 10.1. The average Bonchev–Trinajstić information content (AvgIpc) is 2.28. The van der Waals surface area contributed by atoms with E-state index in [4.69, 9.17) is 0 Å². The van der Waals surface area contributed by atoms with Gasteiger partial charge in [-0.2, -0.15) is 11.8 Å². The van der Waals surface area contributed by atoms with Crippen LogP contribution in [0.5, 0.6) is 5.75 Å². The second-order valence-electron chi connectivity index (χ2n) is 3.61. The molecule has 0 aliphatic carbocycles. The van der Waals surface area contributed by atoms with Crippen LogP contribution in [-0.2, 0) is 11.2 Å². The van der Waals surface area contributed by atoms with Gasteiger partial charge in [-0.1, -0.05) is 18.2 Å². The van der Waals surface area contributed by atoms with Gasteiger partial charge in [-0.15, -0.1) is 0 Å². The van der Waals surface area contributed by atoms with Crippen LogP contribution in [0, 0.1) is 0 Å². The number of hydrogen-bond acceptors (Lipinski definition) is 3. The summed E-state index contributed by atoms with van der Waals surface area (Å²) in [5, 5.41) is 9.54. The number of amides is 1. The first-order valence-corrected chi connectivity index (χ1v) is 6.54. The smallest absolute Gasteiger partial charge is 0.226 e. The van der Waals surface area contributed by atoms with Crippen LogP contribution in [-0.4, -0.2) is 41.5 Å². The number of benzene rings is 1. The Morgan fingerprint density at radius 1 is 1.44 bits per heavy atom. The van der Waals surface area contributed by atoms with Gasteiger partial charge < -0.3 is 10.0 Å². The summed E-state index contributed by atoms with van der Waals surface area (Å²) in [4.78, 5) is 13.5. The Hall–Kier alpha value is -1.16. The van der Waals surface area contributed by atoms with E-state index in [1.165, 1.54) is 0 Å². The molecule has 4 heteroatoms. The third-order valence-electron chi connectivity index (χ3n) is 2.39. The van der Waals surface area contributed by atoms with E-state index in [9.17, 15) is 9.90 Å². The van der Waals surface area contributed by atoms with Gasteiger partial charge in [-0.25, -0.2) is 0 Å². The van der Waals surface area contributed by atoms with Crippen molar-refractivity contribution < 1.29 is 9.90 Å². The van der Waals surface area contributed by atoms with Crippen LogP contribution in [0.2, 0.25) is 0 Å². The van der Waals surface area contributed by atoms with Crippen LogP contribution < -0.4 is 0 Å². The maximum atomic E-state index is 11.8. The van der Waals surface area contributed by atoms with E-state index in [0.717, 1.165) is 12.3 Å². The van der Waals surface area contributed by atoms with E-state index in [0.29, 0.717) is 5.56 Å². The third-order valence-corrected chi connectivity index (χ3v) is 2.98. The summed E-state index contributed by atoms with van der Waals surface area (Å²) in [5.74, 6) is 1.16. The van der Waals surface area contributed by atoms with Crippen LogP contribution in [0.1, 0.15) is 5.56 Å². The molecule has 1 aromatic rings. The predicted molar refractivity (Wildman–Crippen MR) is 67.8 cm³/mol. The van der Waals surface area contributed by atoms with Crippen molar-refractivity contribution in [3.63, 3.8) is 0 Å². The molecular formula is C12H17NO2S. The fourth-order valence-electron chi connectivity index (χ4n) is 1.31. The Bertz CT molecular complexity index is 355. The quantitative estimate of drug-likeness (QED) is 0.851. The number of rotatable bonds is 5. The second kappa shape index (κ2) is 6.43. The Labute approximate surface area is 100 Å². The zero-order chi connectivity index (χ0) is 12.0. The van der Waals surface area contributed by atoms with Crippen LogP contribution in [0.3, 0.4) is 0 Å². The lowest BCUT2D eigenvalue weighted by Gasteiger charge is -2.16. The number of para-hydroxylation sites is 1. The molecule has 0 aromatic heterocycles. The zero-order valence-electron chi connectivity index (χ0n) is 9.64. The van der Waals surface area contributed by atoms with Gasteiger partial charge in [0.1, 0.15) is 5.75 Å². The molecule has 88 valence electrons. The fourth-order valence-corrected chi connectivity index (χ4v) is 1.77. The van der Waals surface area contributed by atoms with Crippen LogP contribution in [0.4, 0.5) is 0 Å². The number of phenols is 1. The van der Waals surface area contributed by atoms with Gasteiger partial charge in [0.2, 0.25) is 5.91 Å². The SMILES string of the molecule is CSCCN(C)C(=O)Cc1ccccc1O. The highest BCUT2D eigenvalue weighted by molar-refractivity contribution is 7.98. The first-order chi connectivity index (χ1) is 7.65. The normalized spacial score (nSPS) is 10.1. The minimum Gasteiger partial charge on any atom is -0.508 e. The summed E-state index contributed by atoms with van der Waals surface area (Å²) in [6.07, 6.45) is 2.28. The summed E-state index contributed by atoms with van der Waals surface area (Å²) in [6, 6.07) is 6.95. The van der Waals surface area contributed by atoms with E-state index in [1.807, 2.05) is 12.3 Å². The zero-order valence-corrected chi connectivity index (χ0v) is 10.5. The maximum Gasteiger partial charge on any atom is 0.226 e. The number of aromatic hydroxyl groups is 1. The molecule has 0 spiro atoms. The molecule has 1 rings (SSSR count). The highest BCUT2D eigenvalue weighted by atomic mass is 32.2. The van der Waals surface area contributed by atoms with Crippen molar-refractivity contribution in [2.75, 3.05) is 25.6 Å². The molecular weight excluding hydrogens is 222 g/mol. The Morgan fingerprint density at radius 2 is 2.12 bits per heavy atom. The van der Waals surface area contributed by atoms with E-state index < -0.39 is 0 Å². The first-order valence-electron chi connectivity index (χ1n) is 5.15. The number of carbonyl (C=O) groups is 1. The number of hydrogen-bond donors (Lipinski definition) is 1.